The van der Waals surface area contributed by atoms with Crippen LogP contribution in [0.15, 0.2) is 33.9 Å². The lowest BCUT2D eigenvalue weighted by Crippen LogP contribution is -2.70. The third-order valence-corrected chi connectivity index (χ3v) is 8.19. The number of carboxylic acid groups (broad SMARTS) is 1. The van der Waals surface area contributed by atoms with Crippen LogP contribution in [0.25, 0.3) is 0 Å². The van der Waals surface area contributed by atoms with Crippen molar-refractivity contribution < 1.29 is 24.3 Å². The number of thioether (sulfide) groups is 2. The zero-order valence-corrected chi connectivity index (χ0v) is 19.7. The van der Waals surface area contributed by atoms with Gasteiger partial charge in [-0.3, -0.25) is 19.3 Å². The smallest absolute Gasteiger partial charge is 0.352 e. The zero-order valence-electron chi connectivity index (χ0n) is 17.3. The fourth-order valence-corrected chi connectivity index (χ4v) is 6.42. The lowest BCUT2D eigenvalue weighted by molar-refractivity contribution is -0.150. The molecule has 1 fully saturated rings. The molecule has 2 atom stereocenters. The molecule has 2 aliphatic heterocycles. The van der Waals surface area contributed by atoms with Gasteiger partial charge < -0.3 is 15.7 Å². The molecular formula is C18H19N7O5S3. The summed E-state index contributed by atoms with van der Waals surface area (Å²) in [6.45, 7) is -0.0645. The number of tetrazole rings is 1. The average molecular weight is 510 g/mol. The number of hydrogen-bond donors (Lipinski definition) is 3. The van der Waals surface area contributed by atoms with Crippen molar-refractivity contribution >= 4 is 58.6 Å². The van der Waals surface area contributed by atoms with Gasteiger partial charge in [-0.1, -0.05) is 17.8 Å². The Hall–Kier alpha value is -2.91. The molecule has 0 spiro atoms. The molecule has 1 saturated heterocycles. The Morgan fingerprint density at radius 3 is 2.85 bits per heavy atom. The topological polar surface area (TPSA) is 159 Å². The first kappa shape index (κ1) is 23.3. The highest BCUT2D eigenvalue weighted by atomic mass is 32.2. The fourth-order valence-electron chi connectivity index (χ4n) is 3.36. The van der Waals surface area contributed by atoms with Crippen molar-refractivity contribution in [1.29, 1.82) is 0 Å². The summed E-state index contributed by atoms with van der Waals surface area (Å²) in [6, 6.07) is 2.93. The molecule has 0 saturated carbocycles. The lowest BCUT2D eigenvalue weighted by atomic mass is 10.0. The molecule has 0 aromatic carbocycles. The van der Waals surface area contributed by atoms with Crippen LogP contribution < -0.4 is 10.6 Å². The van der Waals surface area contributed by atoms with Gasteiger partial charge in [0.05, 0.1) is 6.42 Å². The summed E-state index contributed by atoms with van der Waals surface area (Å²) in [7, 11) is 1.50. The number of nitrogens with one attached hydrogen (secondary N) is 2. The number of likely N-dealkylation sites (N-methyl/N-ethyl adjacent to an activating group) is 1. The van der Waals surface area contributed by atoms with Crippen LogP contribution in [-0.4, -0.2) is 83.9 Å². The molecular weight excluding hydrogens is 490 g/mol. The highest BCUT2D eigenvalue weighted by Crippen LogP contribution is 2.41. The summed E-state index contributed by atoms with van der Waals surface area (Å²) >= 11 is 4.03. The van der Waals surface area contributed by atoms with Gasteiger partial charge in [0, 0.05) is 23.4 Å². The summed E-state index contributed by atoms with van der Waals surface area (Å²) in [6.07, 6.45) is 0.174. The average Bonchev–Trinajstić information content (AvgIpc) is 3.47. The van der Waals surface area contributed by atoms with Crippen molar-refractivity contribution in [2.24, 2.45) is 0 Å². The minimum absolute atomic E-state index is 0.0645. The van der Waals surface area contributed by atoms with Crippen LogP contribution in [0.4, 0.5) is 0 Å². The van der Waals surface area contributed by atoms with E-state index in [1.165, 1.54) is 51.5 Å². The van der Waals surface area contributed by atoms with Crippen LogP contribution in [-0.2, 0) is 32.1 Å². The molecule has 4 rings (SSSR count). The van der Waals surface area contributed by atoms with E-state index in [2.05, 4.69) is 26.2 Å². The summed E-state index contributed by atoms with van der Waals surface area (Å²) in [5.74, 6) is -1.61. The van der Waals surface area contributed by atoms with E-state index in [1.807, 2.05) is 17.5 Å². The van der Waals surface area contributed by atoms with Crippen molar-refractivity contribution in [3.05, 3.63) is 33.7 Å². The monoisotopic (exact) mass is 509 g/mol. The Morgan fingerprint density at radius 1 is 1.33 bits per heavy atom. The van der Waals surface area contributed by atoms with Crippen LogP contribution in [0.1, 0.15) is 4.88 Å². The molecule has 2 aliphatic rings. The van der Waals surface area contributed by atoms with Crippen LogP contribution >= 0.6 is 34.9 Å². The minimum atomic E-state index is -1.21. The maximum atomic E-state index is 12.8. The standard InChI is InChI=1S/C18H19N7O5S3/c1-19-12(27)6-24-18(21-22-23-24)33-8-9-7-32-16-13(15(28)25(16)14(9)17(29)30)20-11(26)5-10-3-2-4-31-10/h2-4,13,16H,5-8H2,1H3,(H,19,27)(H,20,26)(H,29,30)/t13?,16-/m0/s1. The van der Waals surface area contributed by atoms with Gasteiger partial charge in [0.2, 0.25) is 17.0 Å². The Labute approximate surface area is 200 Å². The highest BCUT2D eigenvalue weighted by Gasteiger charge is 2.54. The fraction of sp³-hybridized carbons (Fsp3) is 0.389. The van der Waals surface area contributed by atoms with E-state index in [1.54, 1.807) is 0 Å². The number of carbonyl (C=O) groups is 4. The number of hydrogen-bond acceptors (Lipinski definition) is 10. The van der Waals surface area contributed by atoms with Crippen LogP contribution in [0, 0.1) is 0 Å². The van der Waals surface area contributed by atoms with Gasteiger partial charge in [-0.2, -0.15) is 0 Å². The molecule has 0 radical (unpaired) electrons. The van der Waals surface area contributed by atoms with E-state index in [0.717, 1.165) is 4.88 Å². The molecule has 2 aromatic rings. The molecule has 12 nitrogen and oxygen atoms in total. The number of aliphatic carboxylic acids is 1. The van der Waals surface area contributed by atoms with Gasteiger partial charge in [-0.05, 0) is 27.4 Å². The Kier molecular flexibility index (Phi) is 6.99. The van der Waals surface area contributed by atoms with Crippen molar-refractivity contribution in [3.8, 4) is 0 Å². The van der Waals surface area contributed by atoms with E-state index < -0.39 is 23.3 Å². The van der Waals surface area contributed by atoms with Gasteiger partial charge in [-0.25, -0.2) is 9.48 Å². The summed E-state index contributed by atoms with van der Waals surface area (Å²) in [5.41, 5.74) is 0.463. The number of aromatic nitrogens is 4. The highest BCUT2D eigenvalue weighted by molar-refractivity contribution is 8.01. The van der Waals surface area contributed by atoms with Gasteiger partial charge in [0.25, 0.3) is 5.91 Å². The molecule has 15 heteroatoms. The minimum Gasteiger partial charge on any atom is -0.477 e. The van der Waals surface area contributed by atoms with E-state index in [4.69, 9.17) is 0 Å². The lowest BCUT2D eigenvalue weighted by Gasteiger charge is -2.49. The number of amides is 3. The molecule has 0 aliphatic carbocycles. The van der Waals surface area contributed by atoms with E-state index >= 15 is 0 Å². The summed E-state index contributed by atoms with van der Waals surface area (Å²) in [5, 5.41) is 28.0. The SMILES string of the molecule is CNC(=O)Cn1nnnc1SCC1=C(C(=O)O)N2C(=O)C(NC(=O)Cc3cccs3)[C@@H]2SC1. The Balaban J connectivity index is 1.43. The zero-order chi connectivity index (χ0) is 23.5. The maximum absolute atomic E-state index is 12.8. The van der Waals surface area contributed by atoms with Gasteiger partial charge >= 0.3 is 5.97 Å². The van der Waals surface area contributed by atoms with Gasteiger partial charge in [0.1, 0.15) is 23.7 Å². The predicted molar refractivity (Wildman–Crippen MR) is 120 cm³/mol. The molecule has 1 unspecified atom stereocenters. The number of β-lactam (4-membered cyclic amide) rings is 1. The Morgan fingerprint density at radius 2 is 2.15 bits per heavy atom. The Bertz CT molecular complexity index is 1120. The number of nitrogens with zero attached hydrogens (tertiary/aromatic N) is 5. The second kappa shape index (κ2) is 9.93. The number of carbonyl (C=O) groups excluding carboxylic acids is 3. The van der Waals surface area contributed by atoms with Gasteiger partial charge in [-0.15, -0.1) is 28.2 Å². The van der Waals surface area contributed by atoms with E-state index in [-0.39, 0.29) is 36.2 Å². The van der Waals surface area contributed by atoms with E-state index in [0.29, 0.717) is 16.5 Å². The van der Waals surface area contributed by atoms with Crippen molar-refractivity contribution in [1.82, 2.24) is 35.7 Å². The third kappa shape index (κ3) is 4.89. The molecule has 2 aromatic heterocycles. The van der Waals surface area contributed by atoms with Crippen LogP contribution in [0.3, 0.4) is 0 Å². The largest absolute Gasteiger partial charge is 0.477 e. The normalized spacial score (nSPS) is 19.7. The number of rotatable bonds is 9. The summed E-state index contributed by atoms with van der Waals surface area (Å²) < 4.78 is 1.32. The number of carboxylic acids is 1. The molecule has 174 valence electrons. The van der Waals surface area contributed by atoms with Crippen molar-refractivity contribution in [3.63, 3.8) is 0 Å². The van der Waals surface area contributed by atoms with Gasteiger partial charge in [0.15, 0.2) is 0 Å². The summed E-state index contributed by atoms with van der Waals surface area (Å²) in [4.78, 5) is 50.8. The molecule has 33 heavy (non-hydrogen) atoms. The number of thiophene rings is 1. The quantitative estimate of drug-likeness (QED) is 0.299. The van der Waals surface area contributed by atoms with Crippen molar-refractivity contribution in [2.45, 2.75) is 29.5 Å². The van der Waals surface area contributed by atoms with Crippen LogP contribution in [0.5, 0.6) is 0 Å². The van der Waals surface area contributed by atoms with Crippen LogP contribution in [0.2, 0.25) is 0 Å². The van der Waals surface area contributed by atoms with E-state index in [9.17, 15) is 24.3 Å². The maximum Gasteiger partial charge on any atom is 0.352 e. The molecule has 0 bridgehead atoms. The molecule has 4 heterocycles. The predicted octanol–water partition coefficient (Wildman–Crippen LogP) is -0.446. The molecule has 3 N–H and O–H groups in total. The second-order valence-electron chi connectivity index (χ2n) is 7.05. The molecule has 3 amide bonds. The first-order valence-electron chi connectivity index (χ1n) is 9.70. The first-order chi connectivity index (χ1) is 15.9. The van der Waals surface area contributed by atoms with Crippen molar-refractivity contribution in [2.75, 3.05) is 18.6 Å². The number of fused-ring (bicyclic) bond motifs is 1. The first-order valence-corrected chi connectivity index (χ1v) is 12.6. The third-order valence-electron chi connectivity index (χ3n) is 4.93. The second-order valence-corrected chi connectivity index (χ2v) is 10.1.